The van der Waals surface area contributed by atoms with Crippen molar-refractivity contribution in [3.63, 3.8) is 0 Å². The summed E-state index contributed by atoms with van der Waals surface area (Å²) in [6.07, 6.45) is -3.28. The van der Waals surface area contributed by atoms with Crippen molar-refractivity contribution in [1.29, 1.82) is 0 Å². The number of nitrogens with zero attached hydrogens (tertiary/aromatic N) is 3. The number of piperidine rings is 1. The fourth-order valence-corrected chi connectivity index (χ4v) is 4.04. The molecule has 0 bridgehead atoms. The van der Waals surface area contributed by atoms with Crippen molar-refractivity contribution in [2.45, 2.75) is 32.4 Å². The number of halogens is 3. The molecular formula is C12H18F3N5O3S. The molecule has 1 aliphatic heterocycles. The number of hydrogen-bond donors (Lipinski definition) is 2. The highest BCUT2D eigenvalue weighted by atomic mass is 32.2. The van der Waals surface area contributed by atoms with E-state index in [1.54, 1.807) is 12.0 Å². The van der Waals surface area contributed by atoms with E-state index in [-0.39, 0.29) is 12.3 Å². The highest BCUT2D eigenvalue weighted by Crippen LogP contribution is 2.26. The minimum absolute atomic E-state index is 0.00277. The lowest BCUT2D eigenvalue weighted by molar-refractivity contribution is -0.144. The number of carbonyl (C=O) groups is 1. The second kappa shape index (κ2) is 7.05. The van der Waals surface area contributed by atoms with Crippen LogP contribution in [0.1, 0.15) is 32.0 Å². The van der Waals surface area contributed by atoms with E-state index < -0.39 is 39.8 Å². The van der Waals surface area contributed by atoms with Gasteiger partial charge in [-0.25, -0.2) is 12.7 Å². The Bertz CT molecular complexity index is 688. The molecule has 1 aromatic heterocycles. The van der Waals surface area contributed by atoms with E-state index in [2.05, 4.69) is 15.4 Å². The highest BCUT2D eigenvalue weighted by Gasteiger charge is 2.36. The van der Waals surface area contributed by atoms with E-state index >= 15 is 0 Å². The van der Waals surface area contributed by atoms with Gasteiger partial charge < -0.3 is 0 Å². The molecule has 1 atom stereocenters. The minimum Gasteiger partial charge on any atom is -0.293 e. The van der Waals surface area contributed by atoms with Gasteiger partial charge in [0.1, 0.15) is 0 Å². The second-order valence-corrected chi connectivity index (χ2v) is 7.60. The molecule has 2 rings (SSSR count). The predicted molar refractivity (Wildman–Crippen MR) is 78.4 cm³/mol. The molecule has 1 amide bonds. The monoisotopic (exact) mass is 369 g/mol. The first-order valence-corrected chi connectivity index (χ1v) is 9.02. The Labute approximate surface area is 136 Å². The van der Waals surface area contributed by atoms with Gasteiger partial charge in [-0.05, 0) is 19.3 Å². The zero-order valence-corrected chi connectivity index (χ0v) is 13.7. The summed E-state index contributed by atoms with van der Waals surface area (Å²) in [5, 5.41) is 7.19. The van der Waals surface area contributed by atoms with Crippen molar-refractivity contribution >= 4 is 21.9 Å². The smallest absolute Gasteiger partial charge is 0.293 e. The van der Waals surface area contributed by atoms with Gasteiger partial charge in [0, 0.05) is 13.1 Å². The summed E-state index contributed by atoms with van der Waals surface area (Å²) in [5.41, 5.74) is 0. The number of carbonyl (C=O) groups excluding carboxylic acids is 1. The fraction of sp³-hybridized carbons (Fsp3) is 0.750. The molecule has 0 spiro atoms. The summed E-state index contributed by atoms with van der Waals surface area (Å²) < 4.78 is 62.7. The Kier molecular flexibility index (Phi) is 5.48. The summed E-state index contributed by atoms with van der Waals surface area (Å²) in [6.45, 7) is 2.09. The molecule has 0 unspecified atom stereocenters. The van der Waals surface area contributed by atoms with Crippen molar-refractivity contribution in [3.8, 4) is 0 Å². The second-order valence-electron chi connectivity index (χ2n) is 5.51. The van der Waals surface area contributed by atoms with Crippen LogP contribution < -0.4 is 5.32 Å². The third kappa shape index (κ3) is 4.44. The Balaban J connectivity index is 2.01. The van der Waals surface area contributed by atoms with Gasteiger partial charge in [-0.15, -0.1) is 5.10 Å². The zero-order chi connectivity index (χ0) is 18.0. The van der Waals surface area contributed by atoms with Crippen molar-refractivity contribution in [2.24, 2.45) is 5.92 Å². The number of anilines is 1. The molecule has 2 N–H and O–H groups in total. The first-order chi connectivity index (χ1) is 11.1. The van der Waals surface area contributed by atoms with Crippen LogP contribution >= 0.6 is 0 Å². The molecule has 1 fully saturated rings. The molecule has 2 heterocycles. The van der Waals surface area contributed by atoms with Gasteiger partial charge >= 0.3 is 6.18 Å². The van der Waals surface area contributed by atoms with Gasteiger partial charge in [0.15, 0.2) is 0 Å². The number of aromatic amines is 1. The number of rotatable bonds is 5. The van der Waals surface area contributed by atoms with Crippen LogP contribution in [-0.2, 0) is 21.0 Å². The van der Waals surface area contributed by atoms with E-state index in [4.69, 9.17) is 0 Å². The van der Waals surface area contributed by atoms with Crippen molar-refractivity contribution in [3.05, 3.63) is 5.82 Å². The molecule has 24 heavy (non-hydrogen) atoms. The standard InChI is InChI=1S/C12H18F3N5O3S/c1-2-6-24(22,23)20-5-3-4-8(7-20)9(21)16-11-17-10(18-19-11)12(13,14)15/h8H,2-7H2,1H3,(H2,16,17,18,19,21)/t8-/m1/s1. The Hall–Kier alpha value is -1.69. The molecule has 1 saturated heterocycles. The molecule has 0 aromatic carbocycles. The van der Waals surface area contributed by atoms with Gasteiger partial charge in [-0.2, -0.15) is 18.2 Å². The number of sulfonamides is 1. The molecule has 0 radical (unpaired) electrons. The van der Waals surface area contributed by atoms with Crippen LogP contribution in [0.25, 0.3) is 0 Å². The van der Waals surface area contributed by atoms with E-state index in [1.165, 1.54) is 4.31 Å². The topological polar surface area (TPSA) is 108 Å². The summed E-state index contributed by atoms with van der Waals surface area (Å²) in [4.78, 5) is 15.3. The van der Waals surface area contributed by atoms with Crippen LogP contribution in [0.5, 0.6) is 0 Å². The van der Waals surface area contributed by atoms with Gasteiger partial charge in [-0.3, -0.25) is 15.2 Å². The van der Waals surface area contributed by atoms with Crippen LogP contribution in [0.4, 0.5) is 19.1 Å². The van der Waals surface area contributed by atoms with E-state index in [1.807, 2.05) is 0 Å². The highest BCUT2D eigenvalue weighted by molar-refractivity contribution is 7.89. The molecular weight excluding hydrogens is 351 g/mol. The Morgan fingerprint density at radius 1 is 1.46 bits per heavy atom. The molecule has 0 saturated carbocycles. The maximum Gasteiger partial charge on any atom is 0.451 e. The van der Waals surface area contributed by atoms with Crippen LogP contribution in [0.3, 0.4) is 0 Å². The molecule has 1 aromatic rings. The van der Waals surface area contributed by atoms with Crippen molar-refractivity contribution in [1.82, 2.24) is 19.5 Å². The van der Waals surface area contributed by atoms with Gasteiger partial charge in [0.2, 0.25) is 27.7 Å². The zero-order valence-electron chi connectivity index (χ0n) is 12.9. The largest absolute Gasteiger partial charge is 0.451 e. The summed E-state index contributed by atoms with van der Waals surface area (Å²) in [6, 6.07) is 0. The van der Waals surface area contributed by atoms with Crippen molar-refractivity contribution in [2.75, 3.05) is 24.2 Å². The predicted octanol–water partition coefficient (Wildman–Crippen LogP) is 1.21. The Morgan fingerprint density at radius 2 is 2.17 bits per heavy atom. The minimum atomic E-state index is -4.69. The molecule has 1 aliphatic rings. The van der Waals surface area contributed by atoms with Crippen LogP contribution in [-0.4, -0.2) is 52.7 Å². The van der Waals surface area contributed by atoms with Crippen molar-refractivity contribution < 1.29 is 26.4 Å². The maximum atomic E-state index is 12.4. The number of alkyl halides is 3. The lowest BCUT2D eigenvalue weighted by Gasteiger charge is -2.30. The summed E-state index contributed by atoms with van der Waals surface area (Å²) >= 11 is 0. The van der Waals surface area contributed by atoms with Crippen LogP contribution in [0.15, 0.2) is 0 Å². The number of aromatic nitrogens is 3. The average molecular weight is 369 g/mol. The number of nitrogens with one attached hydrogen (secondary N) is 2. The third-order valence-corrected chi connectivity index (χ3v) is 5.64. The quantitative estimate of drug-likeness (QED) is 0.811. The van der Waals surface area contributed by atoms with E-state index in [0.29, 0.717) is 25.8 Å². The Morgan fingerprint density at radius 3 is 2.75 bits per heavy atom. The van der Waals surface area contributed by atoms with E-state index in [0.717, 1.165) is 0 Å². The third-order valence-electron chi connectivity index (χ3n) is 3.60. The maximum absolute atomic E-state index is 12.4. The lowest BCUT2D eigenvalue weighted by Crippen LogP contribution is -2.44. The first kappa shape index (κ1) is 18.6. The van der Waals surface area contributed by atoms with Gasteiger partial charge in [0.25, 0.3) is 0 Å². The summed E-state index contributed by atoms with van der Waals surface area (Å²) in [5.74, 6) is -3.05. The SMILES string of the molecule is CCCS(=O)(=O)N1CCC[C@@H](C(=O)Nc2n[nH]c(C(F)(F)F)n2)C1. The van der Waals surface area contributed by atoms with Crippen LogP contribution in [0.2, 0.25) is 0 Å². The van der Waals surface area contributed by atoms with E-state index in [9.17, 15) is 26.4 Å². The number of H-pyrrole nitrogens is 1. The summed E-state index contributed by atoms with van der Waals surface area (Å²) in [7, 11) is -3.42. The van der Waals surface area contributed by atoms with Gasteiger partial charge in [-0.1, -0.05) is 6.92 Å². The molecule has 136 valence electrons. The molecule has 12 heteroatoms. The van der Waals surface area contributed by atoms with Crippen LogP contribution in [0, 0.1) is 5.92 Å². The number of amides is 1. The lowest BCUT2D eigenvalue weighted by atomic mass is 9.99. The fourth-order valence-electron chi connectivity index (χ4n) is 2.45. The normalized spacial score (nSPS) is 20.1. The van der Waals surface area contributed by atoms with Gasteiger partial charge in [0.05, 0.1) is 11.7 Å². The molecule has 8 nitrogen and oxygen atoms in total. The first-order valence-electron chi connectivity index (χ1n) is 7.41. The number of hydrogen-bond acceptors (Lipinski definition) is 5. The average Bonchev–Trinajstić information content (AvgIpc) is 2.96. The molecule has 0 aliphatic carbocycles.